The Bertz CT molecular complexity index is 2780. The predicted molar refractivity (Wildman–Crippen MR) is 229 cm³/mol. The van der Waals surface area contributed by atoms with Crippen molar-refractivity contribution in [3.8, 4) is 0 Å². The molecule has 6 amide bonds. The lowest BCUT2D eigenvalue weighted by Crippen LogP contribution is -2.54. The van der Waals surface area contributed by atoms with E-state index in [0.29, 0.717) is 73.9 Å². The van der Waals surface area contributed by atoms with Gasteiger partial charge < -0.3 is 19.3 Å². The average Bonchev–Trinajstić information content (AvgIpc) is 4.01. The standard InChI is InChI=1S/C46H45N11O6/c1-53(2)46(63)38-21-29-24-48-39(49-41(29)56(38)31-5-3-4-6-31)22-30-11-12-32(25-47-30)54-15-17-55(18-16-54)43(60)28-10-8-26-7-9-27-19-33-34(23-36(27)52-51-35(26)20-28)45(62)57(44(33)61)37-13-14-40(58)50-42(37)59/h8,10-12,19-21,23-25,31,37H,3-7,9,13-18,22H2,1-2H3,(H,50,58,59). The van der Waals surface area contributed by atoms with Gasteiger partial charge in [0, 0.05) is 75.6 Å². The molecule has 3 fully saturated rings. The number of pyridine rings is 1. The number of nitrogens with one attached hydrogen (secondary N) is 1. The van der Waals surface area contributed by atoms with Gasteiger partial charge >= 0.3 is 0 Å². The Balaban J connectivity index is 0.784. The fourth-order valence-corrected chi connectivity index (χ4v) is 9.50. The van der Waals surface area contributed by atoms with Crippen LogP contribution < -0.4 is 10.2 Å². The number of hydrogen-bond donors (Lipinski definition) is 1. The number of piperidine rings is 1. The van der Waals surface area contributed by atoms with E-state index in [9.17, 15) is 28.8 Å². The van der Waals surface area contributed by atoms with Gasteiger partial charge in [-0.05, 0) is 85.7 Å². The molecule has 5 aromatic rings. The van der Waals surface area contributed by atoms with E-state index in [2.05, 4.69) is 30.0 Å². The number of rotatable bonds is 7. The molecule has 10 rings (SSSR count). The molecule has 0 bridgehead atoms. The highest BCUT2D eigenvalue weighted by molar-refractivity contribution is 6.24. The summed E-state index contributed by atoms with van der Waals surface area (Å²) in [6.45, 7) is 2.31. The van der Waals surface area contributed by atoms with Crippen LogP contribution in [0.1, 0.15) is 109 Å². The number of amides is 6. The van der Waals surface area contributed by atoms with E-state index in [4.69, 9.17) is 9.97 Å². The highest BCUT2D eigenvalue weighted by atomic mass is 16.2. The fraction of sp³-hybridized carbons (Fsp3) is 0.370. The van der Waals surface area contributed by atoms with Crippen LogP contribution in [0.15, 0.2) is 71.2 Å². The first-order valence-electron chi connectivity index (χ1n) is 21.5. The van der Waals surface area contributed by atoms with Gasteiger partial charge in [0.2, 0.25) is 11.8 Å². The number of piperazine rings is 1. The summed E-state index contributed by atoms with van der Waals surface area (Å²) in [5.74, 6) is -1.76. The number of nitrogens with zero attached hydrogens (tertiary/aromatic N) is 10. The molecule has 1 unspecified atom stereocenters. The largest absolute Gasteiger partial charge is 0.367 e. The van der Waals surface area contributed by atoms with E-state index < -0.39 is 29.7 Å². The van der Waals surface area contributed by atoms with Crippen molar-refractivity contribution >= 4 is 63.5 Å². The molecule has 0 spiro atoms. The minimum atomic E-state index is -1.06. The van der Waals surface area contributed by atoms with Crippen molar-refractivity contribution < 1.29 is 28.8 Å². The normalized spacial score (nSPS) is 18.9. The number of benzene rings is 2. The number of aromatic nitrogens is 4. The Morgan fingerprint density at radius 3 is 2.22 bits per heavy atom. The van der Waals surface area contributed by atoms with Crippen molar-refractivity contribution in [2.75, 3.05) is 45.2 Å². The average molecular weight is 848 g/mol. The number of anilines is 1. The molecule has 7 heterocycles. The molecule has 17 nitrogen and oxygen atoms in total. The lowest BCUT2D eigenvalue weighted by Gasteiger charge is -2.36. The third-order valence-electron chi connectivity index (χ3n) is 12.9. The first-order valence-corrected chi connectivity index (χ1v) is 21.5. The maximum atomic E-state index is 13.8. The van der Waals surface area contributed by atoms with E-state index in [1.807, 2.05) is 47.6 Å². The number of carbonyl (C=O) groups is 6. The number of fused-ring (bicyclic) bond motifs is 4. The quantitative estimate of drug-likeness (QED) is 0.215. The van der Waals surface area contributed by atoms with Crippen molar-refractivity contribution in [3.63, 3.8) is 0 Å². The van der Waals surface area contributed by atoms with Crippen LogP contribution >= 0.6 is 0 Å². The van der Waals surface area contributed by atoms with Crippen LogP contribution in [0.25, 0.3) is 11.0 Å². The number of hydrogen-bond acceptors (Lipinski definition) is 12. The van der Waals surface area contributed by atoms with E-state index in [1.165, 1.54) is 0 Å². The molecule has 320 valence electrons. The second-order valence-electron chi connectivity index (χ2n) is 17.1. The minimum Gasteiger partial charge on any atom is -0.367 e. The van der Waals surface area contributed by atoms with Crippen molar-refractivity contribution in [1.29, 1.82) is 0 Å². The molecular formula is C46H45N11O6. The molecule has 63 heavy (non-hydrogen) atoms. The molecule has 2 aromatic carbocycles. The SMILES string of the molecule is CN(C)C(=O)c1cc2cnc(Cc3ccc(N4CCN(C(=O)c5ccc6c(c5)N=Nc5cc7c(cc5CC6)C(=O)N(C5CCC(=O)NC5=O)C7=O)CC4)cn3)nc2n1C1CCCC1. The van der Waals surface area contributed by atoms with Crippen LogP contribution in [-0.4, -0.2) is 116 Å². The third kappa shape index (κ3) is 7.30. The Hall–Kier alpha value is -7.17. The molecule has 1 saturated carbocycles. The molecule has 0 radical (unpaired) electrons. The number of carbonyl (C=O) groups excluding carboxylic acids is 6. The van der Waals surface area contributed by atoms with Crippen LogP contribution in [0.5, 0.6) is 0 Å². The lowest BCUT2D eigenvalue weighted by atomic mass is 9.96. The zero-order valence-electron chi connectivity index (χ0n) is 35.0. The summed E-state index contributed by atoms with van der Waals surface area (Å²) in [7, 11) is 3.54. The van der Waals surface area contributed by atoms with E-state index in [-0.39, 0.29) is 41.8 Å². The molecule has 1 aliphatic carbocycles. The van der Waals surface area contributed by atoms with Crippen molar-refractivity contribution in [2.24, 2.45) is 10.2 Å². The summed E-state index contributed by atoms with van der Waals surface area (Å²) < 4.78 is 2.12. The summed E-state index contributed by atoms with van der Waals surface area (Å²) in [6, 6.07) is 13.8. The predicted octanol–water partition coefficient (Wildman–Crippen LogP) is 5.11. The molecule has 17 heteroatoms. The van der Waals surface area contributed by atoms with Gasteiger partial charge in [0.05, 0.1) is 40.8 Å². The van der Waals surface area contributed by atoms with Crippen LogP contribution in [0, 0.1) is 0 Å². The van der Waals surface area contributed by atoms with Crippen molar-refractivity contribution in [1.82, 2.24) is 39.5 Å². The van der Waals surface area contributed by atoms with Gasteiger partial charge in [-0.1, -0.05) is 18.9 Å². The zero-order valence-corrected chi connectivity index (χ0v) is 35.0. The summed E-state index contributed by atoms with van der Waals surface area (Å²) >= 11 is 0. The Kier molecular flexibility index (Phi) is 10.1. The topological polar surface area (TPSA) is 196 Å². The first kappa shape index (κ1) is 39.9. The van der Waals surface area contributed by atoms with E-state index >= 15 is 0 Å². The smallest absolute Gasteiger partial charge is 0.270 e. The third-order valence-corrected chi connectivity index (χ3v) is 12.9. The molecular weight excluding hydrogens is 803 g/mol. The highest BCUT2D eigenvalue weighted by Crippen LogP contribution is 2.38. The van der Waals surface area contributed by atoms with Crippen molar-refractivity contribution in [2.45, 2.75) is 69.9 Å². The summed E-state index contributed by atoms with van der Waals surface area (Å²) in [6.07, 6.45) is 9.63. The fourth-order valence-electron chi connectivity index (χ4n) is 9.50. The second kappa shape index (κ2) is 15.9. The number of imide groups is 2. The van der Waals surface area contributed by atoms with E-state index in [0.717, 1.165) is 64.1 Å². The highest BCUT2D eigenvalue weighted by Gasteiger charge is 2.45. The van der Waals surface area contributed by atoms with Gasteiger partial charge in [0.25, 0.3) is 23.6 Å². The van der Waals surface area contributed by atoms with Gasteiger partial charge in [-0.3, -0.25) is 44.0 Å². The van der Waals surface area contributed by atoms with Crippen LogP contribution in [-0.2, 0) is 28.9 Å². The Labute approximate surface area is 362 Å². The van der Waals surface area contributed by atoms with Gasteiger partial charge in [0.1, 0.15) is 23.2 Å². The summed E-state index contributed by atoms with van der Waals surface area (Å²) in [5.41, 5.74) is 6.71. The lowest BCUT2D eigenvalue weighted by molar-refractivity contribution is -0.136. The molecule has 1 atom stereocenters. The number of azo groups is 1. The van der Waals surface area contributed by atoms with Crippen LogP contribution in [0.4, 0.5) is 17.1 Å². The summed E-state index contributed by atoms with van der Waals surface area (Å²) in [4.78, 5) is 98.9. The number of aryl methyl sites for hydroxylation is 2. The second-order valence-corrected chi connectivity index (χ2v) is 17.1. The molecule has 4 aliphatic heterocycles. The van der Waals surface area contributed by atoms with Gasteiger partial charge in [-0.15, -0.1) is 0 Å². The summed E-state index contributed by atoms with van der Waals surface area (Å²) in [5, 5.41) is 12.1. The molecule has 2 saturated heterocycles. The molecule has 1 N–H and O–H groups in total. The zero-order chi connectivity index (χ0) is 43.5. The van der Waals surface area contributed by atoms with Gasteiger partial charge in [0.15, 0.2) is 0 Å². The Morgan fingerprint density at radius 2 is 1.51 bits per heavy atom. The van der Waals surface area contributed by atoms with Crippen molar-refractivity contribution in [3.05, 3.63) is 106 Å². The molecule has 3 aromatic heterocycles. The first-order chi connectivity index (χ1) is 30.5. The maximum Gasteiger partial charge on any atom is 0.270 e. The minimum absolute atomic E-state index is 0.0384. The molecule has 5 aliphatic rings. The van der Waals surface area contributed by atoms with E-state index in [1.54, 1.807) is 37.2 Å². The monoisotopic (exact) mass is 847 g/mol. The van der Waals surface area contributed by atoms with Gasteiger partial charge in [-0.25, -0.2) is 9.97 Å². The Morgan fingerprint density at radius 1 is 0.778 bits per heavy atom. The maximum absolute atomic E-state index is 13.8. The van der Waals surface area contributed by atoms with Crippen LogP contribution in [0.2, 0.25) is 0 Å². The van der Waals surface area contributed by atoms with Gasteiger partial charge in [-0.2, -0.15) is 10.2 Å². The van der Waals surface area contributed by atoms with Crippen LogP contribution in [0.3, 0.4) is 0 Å².